The topological polar surface area (TPSA) is 28.0 Å². The highest BCUT2D eigenvalue weighted by Crippen LogP contribution is 2.29. The second-order valence-electron chi connectivity index (χ2n) is 3.93. The van der Waals surface area contributed by atoms with E-state index in [0.29, 0.717) is 0 Å². The minimum absolute atomic E-state index is 0.999. The van der Waals surface area contributed by atoms with Gasteiger partial charge >= 0.3 is 0 Å². The van der Waals surface area contributed by atoms with Crippen LogP contribution < -0.4 is 0 Å². The summed E-state index contributed by atoms with van der Waals surface area (Å²) in [4.78, 5) is 0. The van der Waals surface area contributed by atoms with E-state index in [1.54, 1.807) is 0 Å². The van der Waals surface area contributed by atoms with Crippen molar-refractivity contribution in [1.82, 2.24) is 5.01 Å². The van der Waals surface area contributed by atoms with E-state index in [9.17, 15) is 0 Å². The maximum Gasteiger partial charge on any atom is 0.114 e. The van der Waals surface area contributed by atoms with Gasteiger partial charge in [0.15, 0.2) is 0 Å². The Balaban J connectivity index is 2.20. The van der Waals surface area contributed by atoms with Crippen LogP contribution in [-0.4, -0.2) is 18.1 Å². The van der Waals surface area contributed by atoms with Crippen molar-refractivity contribution in [2.24, 2.45) is 10.3 Å². The summed E-state index contributed by atoms with van der Waals surface area (Å²) in [5.41, 5.74) is 2.27. The molecule has 0 N–H and O–H groups in total. The van der Waals surface area contributed by atoms with Crippen molar-refractivity contribution < 1.29 is 0 Å². The first-order valence-electron chi connectivity index (χ1n) is 5.29. The zero-order valence-electron chi connectivity index (χ0n) is 9.08. The zero-order valence-corrected chi connectivity index (χ0v) is 13.4. The Morgan fingerprint density at radius 2 is 1.69 bits per heavy atom. The van der Waals surface area contributed by atoms with Crippen molar-refractivity contribution in [2.75, 3.05) is 13.1 Å². The minimum Gasteiger partial charge on any atom is -0.278 e. The monoisotopic (exact) mass is 441 g/mol. The van der Waals surface area contributed by atoms with E-state index >= 15 is 0 Å². The molecule has 0 spiro atoms. The number of benzene rings is 1. The molecule has 0 atom stereocenters. The molecule has 1 saturated heterocycles. The van der Waals surface area contributed by atoms with Crippen LogP contribution in [0.25, 0.3) is 0 Å². The van der Waals surface area contributed by atoms with Gasteiger partial charge < -0.3 is 0 Å². The maximum atomic E-state index is 4.36. The lowest BCUT2D eigenvalue weighted by molar-refractivity contribution is 0.336. The third kappa shape index (κ3) is 3.06. The summed E-state index contributed by atoms with van der Waals surface area (Å²) in [6.07, 6.45) is 2.47. The molecule has 5 heteroatoms. The maximum absolute atomic E-state index is 4.36. The number of aryl methyl sites for hydroxylation is 1. The third-order valence-electron chi connectivity index (χ3n) is 2.51. The van der Waals surface area contributed by atoms with Gasteiger partial charge in [0.1, 0.15) is 5.69 Å². The molecule has 0 aromatic heterocycles. The Labute approximate surface area is 123 Å². The van der Waals surface area contributed by atoms with Gasteiger partial charge in [-0.15, -0.1) is 5.11 Å². The molecule has 1 aromatic rings. The largest absolute Gasteiger partial charge is 0.278 e. The fourth-order valence-corrected chi connectivity index (χ4v) is 3.98. The second-order valence-corrected chi connectivity index (χ2v) is 6.25. The molecule has 3 nitrogen and oxygen atoms in total. The van der Waals surface area contributed by atoms with Gasteiger partial charge in [-0.25, -0.2) is 0 Å². The van der Waals surface area contributed by atoms with E-state index in [-0.39, 0.29) is 0 Å². The average Bonchev–Trinajstić information content (AvgIpc) is 2.68. The number of halogens is 2. The van der Waals surface area contributed by atoms with Crippen LogP contribution in [-0.2, 0) is 0 Å². The van der Waals surface area contributed by atoms with E-state index in [1.807, 2.05) is 5.01 Å². The van der Waals surface area contributed by atoms with Crippen LogP contribution in [0.15, 0.2) is 22.5 Å². The summed E-state index contributed by atoms with van der Waals surface area (Å²) in [5.74, 6) is 0. The standard InChI is InChI=1S/C11H13I2N3/c1-8-6-9(12)11(10(13)7-8)14-15-16-4-2-3-5-16/h6-7H,2-5H2,1H3. The van der Waals surface area contributed by atoms with Crippen LogP contribution in [0.5, 0.6) is 0 Å². The van der Waals surface area contributed by atoms with Gasteiger partial charge in [-0.3, -0.25) is 5.01 Å². The predicted octanol–water partition coefficient (Wildman–Crippen LogP) is 4.30. The average molecular weight is 441 g/mol. The SMILES string of the molecule is Cc1cc(I)c(N=NN2CCCC2)c(I)c1. The minimum atomic E-state index is 0.999. The van der Waals surface area contributed by atoms with Gasteiger partial charge in [-0.05, 0) is 82.6 Å². The van der Waals surface area contributed by atoms with E-state index in [4.69, 9.17) is 0 Å². The molecule has 0 bridgehead atoms. The zero-order chi connectivity index (χ0) is 11.5. The van der Waals surface area contributed by atoms with Crippen molar-refractivity contribution in [1.29, 1.82) is 0 Å². The molecule has 16 heavy (non-hydrogen) atoms. The quantitative estimate of drug-likeness (QED) is 0.497. The summed E-state index contributed by atoms with van der Waals surface area (Å²) in [6, 6.07) is 4.28. The molecular weight excluding hydrogens is 428 g/mol. The van der Waals surface area contributed by atoms with Gasteiger partial charge in [-0.2, -0.15) is 0 Å². The lowest BCUT2D eigenvalue weighted by Crippen LogP contribution is -2.09. The first kappa shape index (κ1) is 12.5. The Bertz CT molecular complexity index is 389. The van der Waals surface area contributed by atoms with Gasteiger partial charge in [0.05, 0.1) is 0 Å². The Morgan fingerprint density at radius 3 is 2.25 bits per heavy atom. The normalized spacial score (nSPS) is 16.3. The first-order valence-corrected chi connectivity index (χ1v) is 7.45. The fraction of sp³-hybridized carbons (Fsp3) is 0.455. The van der Waals surface area contributed by atoms with Crippen LogP contribution in [0.3, 0.4) is 0 Å². The van der Waals surface area contributed by atoms with Crippen molar-refractivity contribution in [3.63, 3.8) is 0 Å². The highest BCUT2D eigenvalue weighted by atomic mass is 127. The van der Waals surface area contributed by atoms with Crippen molar-refractivity contribution in [3.05, 3.63) is 24.8 Å². The smallest absolute Gasteiger partial charge is 0.114 e. The van der Waals surface area contributed by atoms with E-state index in [2.05, 4.69) is 74.6 Å². The summed E-state index contributed by atoms with van der Waals surface area (Å²) < 4.78 is 2.34. The number of hydrogen-bond donors (Lipinski definition) is 0. The molecule has 1 heterocycles. The summed E-state index contributed by atoms with van der Waals surface area (Å²) >= 11 is 4.64. The van der Waals surface area contributed by atoms with E-state index < -0.39 is 0 Å². The summed E-state index contributed by atoms with van der Waals surface area (Å²) in [6.45, 7) is 4.19. The molecular formula is C11H13I2N3. The molecule has 1 fully saturated rings. The first-order chi connectivity index (χ1) is 7.66. The van der Waals surface area contributed by atoms with Crippen LogP contribution in [0.2, 0.25) is 0 Å². The Morgan fingerprint density at radius 1 is 1.12 bits per heavy atom. The third-order valence-corrected chi connectivity index (χ3v) is 4.16. The molecule has 0 amide bonds. The second kappa shape index (κ2) is 5.61. The Kier molecular flexibility index (Phi) is 4.40. The van der Waals surface area contributed by atoms with Gasteiger partial charge in [-0.1, -0.05) is 5.22 Å². The number of rotatable bonds is 2. The molecule has 1 aromatic carbocycles. The molecule has 1 aliphatic rings. The van der Waals surface area contributed by atoms with E-state index in [1.165, 1.54) is 25.5 Å². The van der Waals surface area contributed by atoms with Gasteiger partial charge in [0, 0.05) is 20.2 Å². The molecule has 0 unspecified atom stereocenters. The van der Waals surface area contributed by atoms with Crippen LogP contribution in [0, 0.1) is 14.1 Å². The van der Waals surface area contributed by atoms with Crippen LogP contribution in [0.4, 0.5) is 5.69 Å². The lowest BCUT2D eigenvalue weighted by atomic mass is 10.2. The number of hydrogen-bond acceptors (Lipinski definition) is 2. The van der Waals surface area contributed by atoms with Crippen molar-refractivity contribution in [2.45, 2.75) is 19.8 Å². The van der Waals surface area contributed by atoms with Crippen LogP contribution in [0.1, 0.15) is 18.4 Å². The predicted molar refractivity (Wildman–Crippen MR) is 81.9 cm³/mol. The van der Waals surface area contributed by atoms with E-state index in [0.717, 1.165) is 18.8 Å². The molecule has 1 aliphatic heterocycles. The highest BCUT2D eigenvalue weighted by molar-refractivity contribution is 14.1. The fourth-order valence-electron chi connectivity index (χ4n) is 1.69. The molecule has 0 aliphatic carbocycles. The molecule has 2 rings (SSSR count). The summed E-state index contributed by atoms with van der Waals surface area (Å²) in [7, 11) is 0. The molecule has 86 valence electrons. The summed E-state index contributed by atoms with van der Waals surface area (Å²) in [5, 5.41) is 10.7. The van der Waals surface area contributed by atoms with Gasteiger partial charge in [0.2, 0.25) is 0 Å². The van der Waals surface area contributed by atoms with Gasteiger partial charge in [0.25, 0.3) is 0 Å². The van der Waals surface area contributed by atoms with Crippen LogP contribution >= 0.6 is 45.2 Å². The number of nitrogens with zero attached hydrogens (tertiary/aromatic N) is 3. The molecule has 0 radical (unpaired) electrons. The lowest BCUT2D eigenvalue weighted by Gasteiger charge is -2.08. The van der Waals surface area contributed by atoms with Crippen molar-refractivity contribution in [3.8, 4) is 0 Å². The highest BCUT2D eigenvalue weighted by Gasteiger charge is 2.10. The van der Waals surface area contributed by atoms with Crippen molar-refractivity contribution >= 4 is 50.9 Å². The molecule has 0 saturated carbocycles. The Hall–Kier alpha value is 0.0800.